The van der Waals surface area contributed by atoms with Crippen LogP contribution in [0.2, 0.25) is 0 Å². The molecule has 4 amide bonds. The first-order valence-electron chi connectivity index (χ1n) is 17.5. The van der Waals surface area contributed by atoms with Gasteiger partial charge in [0.1, 0.15) is 35.1 Å². The molecule has 290 valence electrons. The van der Waals surface area contributed by atoms with E-state index in [4.69, 9.17) is 24.2 Å². The van der Waals surface area contributed by atoms with Crippen LogP contribution >= 0.6 is 22.7 Å². The highest BCUT2D eigenvalue weighted by molar-refractivity contribution is 7.24. The summed E-state index contributed by atoms with van der Waals surface area (Å²) < 4.78 is 15.5. The van der Waals surface area contributed by atoms with Crippen molar-refractivity contribution in [2.24, 2.45) is 0 Å². The monoisotopic (exact) mass is 784 g/mol. The van der Waals surface area contributed by atoms with E-state index < -0.39 is 36.5 Å². The predicted molar refractivity (Wildman–Crippen MR) is 198 cm³/mol. The van der Waals surface area contributed by atoms with Gasteiger partial charge in [0, 0.05) is 59.1 Å². The number of thiazole rings is 2. The Kier molecular flexibility index (Phi) is 11.9. The van der Waals surface area contributed by atoms with Gasteiger partial charge in [0.2, 0.25) is 11.8 Å². The van der Waals surface area contributed by atoms with Crippen molar-refractivity contribution in [3.05, 3.63) is 36.4 Å². The van der Waals surface area contributed by atoms with Gasteiger partial charge in [0.15, 0.2) is 10.0 Å². The minimum Gasteiger partial charge on any atom is -0.465 e. The van der Waals surface area contributed by atoms with Crippen LogP contribution < -0.4 is 5.32 Å². The van der Waals surface area contributed by atoms with Crippen LogP contribution in [0, 0.1) is 0 Å². The number of hydrogen-bond donors (Lipinski definition) is 4. The van der Waals surface area contributed by atoms with Crippen LogP contribution in [0.1, 0.15) is 63.3 Å². The summed E-state index contributed by atoms with van der Waals surface area (Å²) in [6, 6.07) is -2.56. The molecular formula is C34H44N10O8S2. The highest BCUT2D eigenvalue weighted by atomic mass is 32.1. The molecule has 6 heterocycles. The molecule has 20 heteroatoms. The van der Waals surface area contributed by atoms with E-state index in [1.54, 1.807) is 48.4 Å². The minimum atomic E-state index is -1.21. The van der Waals surface area contributed by atoms with E-state index in [1.165, 1.54) is 51.1 Å². The molecule has 2 aliphatic heterocycles. The van der Waals surface area contributed by atoms with Gasteiger partial charge in [-0.2, -0.15) is 0 Å². The van der Waals surface area contributed by atoms with Crippen LogP contribution in [0.5, 0.6) is 0 Å². The van der Waals surface area contributed by atoms with Gasteiger partial charge in [-0.15, -0.1) is 22.7 Å². The molecule has 4 aromatic heterocycles. The van der Waals surface area contributed by atoms with Crippen molar-refractivity contribution in [1.29, 1.82) is 0 Å². The van der Waals surface area contributed by atoms with Crippen molar-refractivity contribution < 1.29 is 38.5 Å². The number of methoxy groups -OCH3 is 3. The molecule has 0 spiro atoms. The van der Waals surface area contributed by atoms with Crippen molar-refractivity contribution in [1.82, 2.24) is 49.9 Å². The largest absolute Gasteiger partial charge is 0.465 e. The number of nitrogens with one attached hydrogen (secondary N) is 3. The quantitative estimate of drug-likeness (QED) is 0.150. The molecule has 54 heavy (non-hydrogen) atoms. The summed E-state index contributed by atoms with van der Waals surface area (Å²) in [5.74, 6) is 0.649. The molecule has 6 rings (SSSR count). The molecular weight excluding hydrogens is 741 g/mol. The summed E-state index contributed by atoms with van der Waals surface area (Å²) in [4.78, 5) is 82.4. The first-order valence-corrected chi connectivity index (χ1v) is 19.1. The molecule has 0 radical (unpaired) electrons. The molecule has 4 N–H and O–H groups in total. The summed E-state index contributed by atoms with van der Waals surface area (Å²) in [6.07, 6.45) is 6.85. The first-order chi connectivity index (χ1) is 25.9. The number of carbonyl (C=O) groups excluding carboxylic acids is 3. The van der Waals surface area contributed by atoms with Crippen molar-refractivity contribution >= 4 is 46.7 Å². The molecule has 2 aliphatic rings. The van der Waals surface area contributed by atoms with Gasteiger partial charge in [-0.1, -0.05) is 0 Å². The fraction of sp³-hybridized carbons (Fsp3) is 0.529. The average molecular weight is 785 g/mol. The van der Waals surface area contributed by atoms with Crippen LogP contribution in [-0.4, -0.2) is 139 Å². The van der Waals surface area contributed by atoms with Crippen LogP contribution in [0.25, 0.3) is 31.2 Å². The van der Waals surface area contributed by atoms with Crippen LogP contribution in [-0.2, 0) is 23.8 Å². The molecule has 2 saturated heterocycles. The van der Waals surface area contributed by atoms with Gasteiger partial charge in [-0.3, -0.25) is 14.5 Å². The van der Waals surface area contributed by atoms with E-state index in [2.05, 4.69) is 25.3 Å². The number of carbonyl (C=O) groups is 4. The number of ether oxygens (including phenoxy) is 3. The molecule has 0 bridgehead atoms. The Labute approximate surface area is 319 Å². The number of imidazole rings is 2. The third-order valence-electron chi connectivity index (χ3n) is 9.95. The summed E-state index contributed by atoms with van der Waals surface area (Å²) in [5, 5.41) is 13.6. The summed E-state index contributed by atoms with van der Waals surface area (Å²) in [7, 11) is 5.55. The second-order valence-corrected chi connectivity index (χ2v) is 15.2. The number of rotatable bonds is 13. The Morgan fingerprint density at radius 1 is 0.852 bits per heavy atom. The highest BCUT2D eigenvalue weighted by Gasteiger charge is 2.41. The average Bonchev–Trinajstić information content (AvgIpc) is 4.02. The fourth-order valence-electron chi connectivity index (χ4n) is 6.86. The molecule has 2 fully saturated rings. The topological polar surface area (TPSA) is 221 Å². The maximum Gasteiger partial charge on any atom is 0.407 e. The number of carboxylic acid groups (broad SMARTS) is 1. The molecule has 0 aliphatic carbocycles. The van der Waals surface area contributed by atoms with E-state index in [0.29, 0.717) is 59.0 Å². The van der Waals surface area contributed by atoms with E-state index in [0.717, 1.165) is 27.5 Å². The number of H-pyrrole nitrogens is 2. The van der Waals surface area contributed by atoms with Gasteiger partial charge in [-0.05, 0) is 39.5 Å². The molecule has 6 atom stereocenters. The smallest absolute Gasteiger partial charge is 0.407 e. The van der Waals surface area contributed by atoms with Crippen LogP contribution in [0.4, 0.5) is 9.59 Å². The Hall–Kier alpha value is -4.92. The molecule has 18 nitrogen and oxygen atoms in total. The third kappa shape index (κ3) is 7.82. The number of aromatic nitrogens is 6. The lowest BCUT2D eigenvalue weighted by atomic mass is 10.1. The maximum absolute atomic E-state index is 13.7. The van der Waals surface area contributed by atoms with Crippen molar-refractivity contribution in [3.63, 3.8) is 0 Å². The molecule has 0 saturated carbocycles. The maximum atomic E-state index is 13.7. The van der Waals surface area contributed by atoms with Gasteiger partial charge >= 0.3 is 12.2 Å². The van der Waals surface area contributed by atoms with E-state index in [9.17, 15) is 24.3 Å². The third-order valence-corrected chi connectivity index (χ3v) is 12.1. The normalized spacial score (nSPS) is 19.4. The Morgan fingerprint density at radius 3 is 1.81 bits per heavy atom. The van der Waals surface area contributed by atoms with Gasteiger partial charge in [0.05, 0.1) is 41.2 Å². The van der Waals surface area contributed by atoms with Gasteiger partial charge in [0.25, 0.3) is 0 Å². The second-order valence-electron chi connectivity index (χ2n) is 13.1. The summed E-state index contributed by atoms with van der Waals surface area (Å²) in [5.41, 5.74) is 1.36. The van der Waals surface area contributed by atoms with Gasteiger partial charge in [-0.25, -0.2) is 29.5 Å². The SMILES string of the molecule is COC(=O)N[C@H](C(=O)N1CCC[C@H]1c1nc(-c2cnc(-c3ncc(-c4c[nH]c([C@@H]5CCCN5C(=O)[C@H]([C@@H](C)OC)N(C)C(=O)O)n4)s3)s2)c[nH]1)[C@@H](C)OC. The number of hydrogen-bond acceptors (Lipinski definition) is 13. The number of amides is 4. The van der Waals surface area contributed by atoms with E-state index in [1.807, 2.05) is 0 Å². The first kappa shape index (κ1) is 38.8. The molecule has 0 aromatic carbocycles. The van der Waals surface area contributed by atoms with Crippen molar-refractivity contribution in [3.8, 4) is 31.2 Å². The number of nitrogens with zero attached hydrogens (tertiary/aromatic N) is 7. The Morgan fingerprint density at radius 2 is 1.35 bits per heavy atom. The lowest BCUT2D eigenvalue weighted by Gasteiger charge is -2.34. The Balaban J connectivity index is 1.14. The van der Waals surface area contributed by atoms with Crippen molar-refractivity contribution in [2.75, 3.05) is 41.5 Å². The summed E-state index contributed by atoms with van der Waals surface area (Å²) >= 11 is 2.87. The van der Waals surface area contributed by atoms with E-state index >= 15 is 0 Å². The molecule has 0 unspecified atom stereocenters. The number of likely N-dealkylation sites (N-methyl/N-ethyl adjacent to an activating group) is 1. The zero-order chi connectivity index (χ0) is 38.7. The van der Waals surface area contributed by atoms with E-state index in [-0.39, 0.29) is 23.9 Å². The Bertz CT molecular complexity index is 1960. The lowest BCUT2D eigenvalue weighted by Crippen LogP contribution is -2.54. The highest BCUT2D eigenvalue weighted by Crippen LogP contribution is 2.39. The van der Waals surface area contributed by atoms with Gasteiger partial charge < -0.3 is 44.4 Å². The molecule has 4 aromatic rings. The lowest BCUT2D eigenvalue weighted by molar-refractivity contribution is -0.141. The van der Waals surface area contributed by atoms with Crippen LogP contribution in [0.15, 0.2) is 24.8 Å². The number of aromatic amines is 2. The standard InChI is InChI=1S/C34H44N10O8S2/c1-17(50-4)25(41-33(47)52-6)31(45)43-11-7-9-21(43)27-35-13-19(39-27)23-15-37-29(53-23)30-38-16-24(54-30)20-14-36-28(40-20)22-10-8-12-44(22)32(46)26(18(2)51-5)42(3)34(48)49/h13-18,21-22,25-26H,7-12H2,1-6H3,(H,35,39)(H,36,40)(H,41,47)(H,48,49)/t17-,18-,21+,22+,25+,26+/m1/s1. The predicted octanol–water partition coefficient (Wildman–Crippen LogP) is 4.15. The number of likely N-dealkylation sites (tertiary alicyclic amines) is 2. The fourth-order valence-corrected chi connectivity index (χ4v) is 8.65. The van der Waals surface area contributed by atoms with Crippen LogP contribution in [0.3, 0.4) is 0 Å². The number of alkyl carbamates (subject to hydrolysis) is 1. The second kappa shape index (κ2) is 16.6. The minimum absolute atomic E-state index is 0.276. The zero-order valence-corrected chi connectivity index (χ0v) is 32.4. The van der Waals surface area contributed by atoms with Crippen molar-refractivity contribution in [2.45, 2.75) is 75.9 Å². The zero-order valence-electron chi connectivity index (χ0n) is 30.8. The summed E-state index contributed by atoms with van der Waals surface area (Å²) in [6.45, 7) is 4.39.